The zero-order valence-electron chi connectivity index (χ0n) is 18.3. The second-order valence-corrected chi connectivity index (χ2v) is 7.54. The van der Waals surface area contributed by atoms with E-state index in [2.05, 4.69) is 9.97 Å². The Morgan fingerprint density at radius 2 is 1.91 bits per heavy atom. The van der Waals surface area contributed by atoms with Gasteiger partial charge in [-0.2, -0.15) is 18.2 Å². The van der Waals surface area contributed by atoms with Crippen molar-refractivity contribution in [1.29, 1.82) is 0 Å². The molecule has 0 unspecified atom stereocenters. The Labute approximate surface area is 192 Å². The predicted octanol–water partition coefficient (Wildman–Crippen LogP) is 4.71. The highest BCUT2D eigenvalue weighted by Gasteiger charge is 2.40. The number of hydrogen-bond donors (Lipinski definition) is 1. The highest BCUT2D eigenvalue weighted by atomic mass is 19.4. The first kappa shape index (κ1) is 23.0. The second-order valence-electron chi connectivity index (χ2n) is 7.54. The number of alkyl halides is 3. The minimum Gasteiger partial charge on any atom is -0.439 e. The molecule has 0 saturated carbocycles. The van der Waals surface area contributed by atoms with Crippen molar-refractivity contribution in [2.24, 2.45) is 0 Å². The molecule has 11 heteroatoms. The number of benzene rings is 2. The molecule has 0 radical (unpaired) electrons. The average molecular weight is 471 g/mol. The van der Waals surface area contributed by atoms with Crippen LogP contribution in [-0.4, -0.2) is 28.5 Å². The van der Waals surface area contributed by atoms with Crippen LogP contribution in [0.15, 0.2) is 48.7 Å². The van der Waals surface area contributed by atoms with E-state index in [1.54, 1.807) is 25.1 Å². The van der Waals surface area contributed by atoms with Crippen LogP contribution < -0.4 is 20.3 Å². The van der Waals surface area contributed by atoms with Crippen molar-refractivity contribution < 1.29 is 27.5 Å². The number of ether oxygens (including phenoxy) is 1. The molecule has 1 aromatic heterocycles. The van der Waals surface area contributed by atoms with Gasteiger partial charge in [-0.05, 0) is 54.8 Å². The zero-order valence-corrected chi connectivity index (χ0v) is 18.3. The fourth-order valence-corrected chi connectivity index (χ4v) is 3.81. The van der Waals surface area contributed by atoms with Gasteiger partial charge in [0.2, 0.25) is 11.8 Å². The van der Waals surface area contributed by atoms with Crippen molar-refractivity contribution >= 4 is 29.3 Å². The number of rotatable bonds is 5. The highest BCUT2D eigenvalue weighted by molar-refractivity contribution is 6.27. The molecule has 3 amide bonds. The number of halogens is 3. The molecular weight excluding hydrogens is 451 g/mol. The molecule has 2 aromatic carbocycles. The van der Waals surface area contributed by atoms with Crippen LogP contribution in [0.4, 0.5) is 35.3 Å². The third kappa shape index (κ3) is 4.24. The maximum atomic E-state index is 13.1. The molecule has 1 aliphatic rings. The summed E-state index contributed by atoms with van der Waals surface area (Å²) >= 11 is 0. The molecule has 0 bridgehead atoms. The van der Waals surface area contributed by atoms with Gasteiger partial charge in [0.1, 0.15) is 12.3 Å². The van der Waals surface area contributed by atoms with Gasteiger partial charge in [-0.1, -0.05) is 13.0 Å². The summed E-state index contributed by atoms with van der Waals surface area (Å²) in [4.78, 5) is 35.7. The Kier molecular flexibility index (Phi) is 5.86. The van der Waals surface area contributed by atoms with Gasteiger partial charge in [-0.15, -0.1) is 0 Å². The lowest BCUT2D eigenvalue weighted by molar-refractivity contribution is -0.137. The van der Waals surface area contributed by atoms with Crippen LogP contribution in [0, 0.1) is 6.92 Å². The largest absolute Gasteiger partial charge is 0.439 e. The Bertz CT molecular complexity index is 1280. The minimum atomic E-state index is -4.57. The molecule has 34 heavy (non-hydrogen) atoms. The molecule has 1 fully saturated rings. The molecule has 2 N–H and O–H groups in total. The lowest BCUT2D eigenvalue weighted by Crippen LogP contribution is -2.33. The predicted molar refractivity (Wildman–Crippen MR) is 119 cm³/mol. The summed E-state index contributed by atoms with van der Waals surface area (Å²) in [6.07, 6.45) is -2.60. The number of anilines is 3. The number of nitrogen functional groups attached to an aromatic ring is 1. The number of urea groups is 1. The van der Waals surface area contributed by atoms with Gasteiger partial charge in [-0.25, -0.2) is 14.7 Å². The van der Waals surface area contributed by atoms with Crippen molar-refractivity contribution in [2.45, 2.75) is 26.4 Å². The van der Waals surface area contributed by atoms with Crippen LogP contribution >= 0.6 is 0 Å². The van der Waals surface area contributed by atoms with Gasteiger partial charge in [-0.3, -0.25) is 9.69 Å². The molecule has 0 aliphatic carbocycles. The summed E-state index contributed by atoms with van der Waals surface area (Å²) in [5.41, 5.74) is 6.36. The van der Waals surface area contributed by atoms with Crippen molar-refractivity contribution in [2.75, 3.05) is 22.1 Å². The number of hydrogen-bond acceptors (Lipinski definition) is 6. The molecule has 0 spiro atoms. The third-order valence-electron chi connectivity index (χ3n) is 5.43. The van der Waals surface area contributed by atoms with Crippen LogP contribution in [0.2, 0.25) is 0 Å². The number of carbonyl (C=O) groups excluding carboxylic acids is 2. The van der Waals surface area contributed by atoms with Gasteiger partial charge in [0.05, 0.1) is 11.3 Å². The number of aromatic nitrogens is 2. The van der Waals surface area contributed by atoms with Gasteiger partial charge in [0.15, 0.2) is 0 Å². The molecule has 0 atom stereocenters. The topological polar surface area (TPSA) is 102 Å². The average Bonchev–Trinajstić information content (AvgIpc) is 3.08. The summed E-state index contributed by atoms with van der Waals surface area (Å²) in [5, 5.41) is 0. The van der Waals surface area contributed by atoms with Crippen molar-refractivity contribution in [3.8, 4) is 11.6 Å². The van der Waals surface area contributed by atoms with Crippen LogP contribution in [0.1, 0.15) is 23.6 Å². The summed E-state index contributed by atoms with van der Waals surface area (Å²) in [6, 6.07) is 8.29. The number of nitrogens with two attached hydrogens (primary N) is 1. The molecule has 2 heterocycles. The Morgan fingerprint density at radius 3 is 2.59 bits per heavy atom. The first-order chi connectivity index (χ1) is 16.1. The Balaban J connectivity index is 1.67. The van der Waals surface area contributed by atoms with Gasteiger partial charge < -0.3 is 10.5 Å². The summed E-state index contributed by atoms with van der Waals surface area (Å²) in [5.74, 6) is 0.200. The van der Waals surface area contributed by atoms with E-state index < -0.39 is 23.7 Å². The van der Waals surface area contributed by atoms with E-state index in [4.69, 9.17) is 10.5 Å². The standard InChI is InChI=1S/C23H20F3N5O3/c1-3-16-13(2)17(7-8-18(16)34-19-9-10-28-21(27)29-19)31-20(32)12-30(22(31)33)15-6-4-5-14(11-15)23(24,25)26/h4-11H,3,12H2,1-2H3,(H2,27,28,29). The molecule has 4 rings (SSSR count). The third-order valence-corrected chi connectivity index (χ3v) is 5.43. The monoisotopic (exact) mass is 471 g/mol. The van der Waals surface area contributed by atoms with Crippen LogP contribution in [-0.2, 0) is 17.4 Å². The van der Waals surface area contributed by atoms with Crippen LogP contribution in [0.25, 0.3) is 0 Å². The number of imide groups is 1. The summed E-state index contributed by atoms with van der Waals surface area (Å²) < 4.78 is 45.2. The Morgan fingerprint density at radius 1 is 1.15 bits per heavy atom. The van der Waals surface area contributed by atoms with Crippen molar-refractivity contribution in [3.05, 3.63) is 65.4 Å². The fourth-order valence-electron chi connectivity index (χ4n) is 3.81. The first-order valence-corrected chi connectivity index (χ1v) is 10.3. The van der Waals surface area contributed by atoms with E-state index in [9.17, 15) is 22.8 Å². The van der Waals surface area contributed by atoms with Crippen LogP contribution in [0.5, 0.6) is 11.6 Å². The lowest BCUT2D eigenvalue weighted by atomic mass is 10.0. The number of nitrogens with zero attached hydrogens (tertiary/aromatic N) is 4. The molecule has 176 valence electrons. The molecule has 1 aliphatic heterocycles. The van der Waals surface area contributed by atoms with Gasteiger partial charge in [0.25, 0.3) is 5.91 Å². The fraction of sp³-hybridized carbons (Fsp3) is 0.217. The Hall–Kier alpha value is -4.15. The van der Waals surface area contributed by atoms with Gasteiger partial charge >= 0.3 is 12.2 Å². The molecular formula is C23H20F3N5O3. The molecule has 8 nitrogen and oxygen atoms in total. The van der Waals surface area contributed by atoms with Crippen molar-refractivity contribution in [3.63, 3.8) is 0 Å². The summed E-state index contributed by atoms with van der Waals surface area (Å²) in [7, 11) is 0. The minimum absolute atomic E-state index is 0.00894. The molecule has 1 saturated heterocycles. The highest BCUT2D eigenvalue weighted by Crippen LogP contribution is 2.37. The normalized spacial score (nSPS) is 14.1. The van der Waals surface area contributed by atoms with E-state index in [-0.39, 0.29) is 24.1 Å². The number of carbonyl (C=O) groups is 2. The van der Waals surface area contributed by atoms with Crippen LogP contribution in [0.3, 0.4) is 0 Å². The smallest absolute Gasteiger partial charge is 0.416 e. The van der Waals surface area contributed by atoms with E-state index in [0.717, 1.165) is 27.5 Å². The lowest BCUT2D eigenvalue weighted by Gasteiger charge is -2.22. The van der Waals surface area contributed by atoms with E-state index in [0.29, 0.717) is 23.4 Å². The number of amides is 3. The SMILES string of the molecule is CCc1c(Oc2ccnc(N)n2)ccc(N2C(=O)CN(c3cccc(C(F)(F)F)c3)C2=O)c1C. The first-order valence-electron chi connectivity index (χ1n) is 10.3. The van der Waals surface area contributed by atoms with E-state index >= 15 is 0 Å². The van der Waals surface area contributed by atoms with Gasteiger partial charge in [0, 0.05) is 18.0 Å². The molecule has 3 aromatic rings. The maximum absolute atomic E-state index is 13.1. The maximum Gasteiger partial charge on any atom is 0.416 e. The van der Waals surface area contributed by atoms with Crippen molar-refractivity contribution in [1.82, 2.24) is 9.97 Å². The summed E-state index contributed by atoms with van der Waals surface area (Å²) in [6.45, 7) is 3.25. The van der Waals surface area contributed by atoms with E-state index in [1.165, 1.54) is 18.3 Å². The zero-order chi connectivity index (χ0) is 24.6. The van der Waals surface area contributed by atoms with E-state index in [1.807, 2.05) is 6.92 Å². The quantitative estimate of drug-likeness (QED) is 0.541. The second kappa shape index (κ2) is 8.65.